The van der Waals surface area contributed by atoms with Gasteiger partial charge in [-0.2, -0.15) is 0 Å². The Bertz CT molecular complexity index is 898. The van der Waals surface area contributed by atoms with Crippen molar-refractivity contribution in [3.8, 4) is 0 Å². The van der Waals surface area contributed by atoms with E-state index >= 15 is 0 Å². The number of carbonyl (C=O) groups is 1. The molecular weight excluding hydrogens is 360 g/mol. The third-order valence-corrected chi connectivity index (χ3v) is 9.00. The standard InChI is InChI=1S/C24H34N4O/c1-23-10-8-16(25)12-15(23)4-5-17-18-6-7-21(24(18,2)11-9-19(17)23)28-13-20(27-14-28)22(29)26-3/h4,7,13-14,16-19H,5-6,8-12,25H2,1-3H3,(H,26,29)/t16-,17?,18?,19?,23-,24-/m0/s1. The Morgan fingerprint density at radius 2 is 1.97 bits per heavy atom. The van der Waals surface area contributed by atoms with E-state index in [-0.39, 0.29) is 11.3 Å². The number of nitrogens with zero attached hydrogens (tertiary/aromatic N) is 2. The molecule has 5 rings (SSSR count). The molecule has 3 unspecified atom stereocenters. The highest BCUT2D eigenvalue weighted by atomic mass is 16.1. The Morgan fingerprint density at radius 3 is 2.76 bits per heavy atom. The first kappa shape index (κ1) is 19.1. The van der Waals surface area contributed by atoms with Crippen LogP contribution < -0.4 is 11.1 Å². The number of amides is 1. The highest BCUT2D eigenvalue weighted by Gasteiger charge is 2.56. The lowest BCUT2D eigenvalue weighted by Crippen LogP contribution is -2.50. The molecule has 5 nitrogen and oxygen atoms in total. The van der Waals surface area contributed by atoms with Crippen molar-refractivity contribution in [3.63, 3.8) is 0 Å². The zero-order chi connectivity index (χ0) is 20.4. The minimum atomic E-state index is -0.124. The molecule has 1 aromatic rings. The normalized spacial score (nSPS) is 41.0. The molecule has 0 aromatic carbocycles. The number of carbonyl (C=O) groups excluding carboxylic acids is 1. The summed E-state index contributed by atoms with van der Waals surface area (Å²) in [4.78, 5) is 16.3. The Labute approximate surface area is 173 Å². The maximum atomic E-state index is 12.0. The Hall–Kier alpha value is -1.88. The highest BCUT2D eigenvalue weighted by Crippen LogP contribution is 2.65. The van der Waals surface area contributed by atoms with Crippen molar-refractivity contribution < 1.29 is 4.79 Å². The van der Waals surface area contributed by atoms with Gasteiger partial charge in [-0.15, -0.1) is 0 Å². The maximum absolute atomic E-state index is 12.0. The van der Waals surface area contributed by atoms with Crippen LogP contribution in [-0.2, 0) is 0 Å². The van der Waals surface area contributed by atoms with Crippen LogP contribution in [0.4, 0.5) is 0 Å². The third kappa shape index (κ3) is 2.69. The first-order chi connectivity index (χ1) is 13.9. The third-order valence-electron chi connectivity index (χ3n) is 9.00. The van der Waals surface area contributed by atoms with Crippen molar-refractivity contribution in [2.24, 2.45) is 34.3 Å². The number of nitrogens with one attached hydrogen (secondary N) is 1. The van der Waals surface area contributed by atoms with E-state index in [2.05, 4.69) is 40.9 Å². The van der Waals surface area contributed by atoms with Crippen molar-refractivity contribution in [2.75, 3.05) is 7.05 Å². The lowest BCUT2D eigenvalue weighted by molar-refractivity contribution is -0.0127. The summed E-state index contributed by atoms with van der Waals surface area (Å²) in [5.41, 5.74) is 10.3. The Kier molecular flexibility index (Phi) is 4.32. The lowest BCUT2D eigenvalue weighted by Gasteiger charge is -2.57. The molecule has 1 amide bonds. The topological polar surface area (TPSA) is 72.9 Å². The number of fused-ring (bicyclic) bond motifs is 5. The van der Waals surface area contributed by atoms with Crippen LogP contribution in [0.2, 0.25) is 0 Å². The smallest absolute Gasteiger partial charge is 0.271 e. The summed E-state index contributed by atoms with van der Waals surface area (Å²) in [6.45, 7) is 4.98. The van der Waals surface area contributed by atoms with Crippen LogP contribution in [0, 0.1) is 28.6 Å². The number of hydrogen-bond acceptors (Lipinski definition) is 3. The summed E-state index contributed by atoms with van der Waals surface area (Å²) in [6.07, 6.45) is 17.1. The van der Waals surface area contributed by atoms with E-state index in [9.17, 15) is 4.79 Å². The van der Waals surface area contributed by atoms with Gasteiger partial charge in [0.05, 0.1) is 6.33 Å². The molecule has 4 aliphatic carbocycles. The number of rotatable bonds is 2. The summed E-state index contributed by atoms with van der Waals surface area (Å²) in [6, 6.07) is 0.357. The van der Waals surface area contributed by atoms with Gasteiger partial charge in [-0.1, -0.05) is 31.6 Å². The van der Waals surface area contributed by atoms with Gasteiger partial charge in [0.25, 0.3) is 5.91 Å². The van der Waals surface area contributed by atoms with E-state index in [1.165, 1.54) is 37.8 Å². The lowest BCUT2D eigenvalue weighted by atomic mass is 9.47. The van der Waals surface area contributed by atoms with Gasteiger partial charge in [-0.3, -0.25) is 4.79 Å². The number of nitrogens with two attached hydrogens (primary N) is 1. The Morgan fingerprint density at radius 1 is 1.17 bits per heavy atom. The van der Waals surface area contributed by atoms with Crippen LogP contribution >= 0.6 is 0 Å². The molecule has 0 radical (unpaired) electrons. The molecule has 1 heterocycles. The predicted molar refractivity (Wildman–Crippen MR) is 115 cm³/mol. The van der Waals surface area contributed by atoms with Gasteiger partial charge in [0, 0.05) is 30.4 Å². The minimum absolute atomic E-state index is 0.124. The van der Waals surface area contributed by atoms with Crippen LogP contribution in [0.1, 0.15) is 69.3 Å². The van der Waals surface area contributed by atoms with E-state index < -0.39 is 0 Å². The van der Waals surface area contributed by atoms with Crippen molar-refractivity contribution in [1.82, 2.24) is 14.9 Å². The zero-order valence-corrected chi connectivity index (χ0v) is 17.9. The second-order valence-corrected chi connectivity index (χ2v) is 10.3. The van der Waals surface area contributed by atoms with Crippen molar-refractivity contribution in [3.05, 3.63) is 35.9 Å². The maximum Gasteiger partial charge on any atom is 0.271 e. The SMILES string of the molecule is CNC(=O)c1cn(C2=CCC3C4CC=C5C[C@@H](N)CC[C@]5(C)C4CC[C@]23C)cn1. The van der Waals surface area contributed by atoms with Gasteiger partial charge in [-0.25, -0.2) is 4.98 Å². The molecule has 29 heavy (non-hydrogen) atoms. The molecule has 3 N–H and O–H groups in total. The van der Waals surface area contributed by atoms with Crippen molar-refractivity contribution in [1.29, 1.82) is 0 Å². The zero-order valence-electron chi connectivity index (χ0n) is 17.9. The molecule has 0 saturated heterocycles. The fourth-order valence-electron chi connectivity index (χ4n) is 7.33. The van der Waals surface area contributed by atoms with Crippen LogP contribution in [0.15, 0.2) is 30.2 Å². The van der Waals surface area contributed by atoms with E-state index in [1.807, 2.05) is 12.5 Å². The summed E-state index contributed by atoms with van der Waals surface area (Å²) in [5.74, 6) is 2.08. The van der Waals surface area contributed by atoms with Gasteiger partial charge < -0.3 is 15.6 Å². The number of imidazole rings is 1. The average molecular weight is 395 g/mol. The minimum Gasteiger partial charge on any atom is -0.354 e. The predicted octanol–water partition coefficient (Wildman–Crippen LogP) is 3.98. The van der Waals surface area contributed by atoms with E-state index in [1.54, 1.807) is 12.6 Å². The molecule has 156 valence electrons. The largest absolute Gasteiger partial charge is 0.354 e. The summed E-state index contributed by atoms with van der Waals surface area (Å²) in [7, 11) is 1.65. The quantitative estimate of drug-likeness (QED) is 0.745. The van der Waals surface area contributed by atoms with Gasteiger partial charge in [0.2, 0.25) is 0 Å². The fourth-order valence-corrected chi connectivity index (χ4v) is 7.33. The molecule has 1 aromatic heterocycles. The van der Waals surface area contributed by atoms with Crippen LogP contribution in [0.5, 0.6) is 0 Å². The first-order valence-electron chi connectivity index (χ1n) is 11.3. The summed E-state index contributed by atoms with van der Waals surface area (Å²) >= 11 is 0. The molecule has 4 aliphatic rings. The molecule has 2 fully saturated rings. The van der Waals surface area contributed by atoms with Gasteiger partial charge in [0.15, 0.2) is 0 Å². The van der Waals surface area contributed by atoms with E-state index in [0.29, 0.717) is 23.1 Å². The molecule has 6 atom stereocenters. The molecule has 0 spiro atoms. The van der Waals surface area contributed by atoms with Crippen LogP contribution in [0.3, 0.4) is 0 Å². The number of allylic oxidation sites excluding steroid dienone is 3. The average Bonchev–Trinajstić information content (AvgIpc) is 3.32. The van der Waals surface area contributed by atoms with Gasteiger partial charge in [0.1, 0.15) is 5.69 Å². The van der Waals surface area contributed by atoms with E-state index in [0.717, 1.165) is 24.7 Å². The Balaban J connectivity index is 1.43. The van der Waals surface area contributed by atoms with E-state index in [4.69, 9.17) is 5.73 Å². The number of hydrogen-bond donors (Lipinski definition) is 2. The molecule has 2 saturated carbocycles. The van der Waals surface area contributed by atoms with Crippen LogP contribution in [0.25, 0.3) is 5.70 Å². The molecule has 0 bridgehead atoms. The van der Waals surface area contributed by atoms with Gasteiger partial charge in [-0.05, 0) is 68.1 Å². The number of aromatic nitrogens is 2. The monoisotopic (exact) mass is 394 g/mol. The van der Waals surface area contributed by atoms with Crippen molar-refractivity contribution >= 4 is 11.6 Å². The molecular formula is C24H34N4O. The second-order valence-electron chi connectivity index (χ2n) is 10.3. The van der Waals surface area contributed by atoms with Crippen molar-refractivity contribution in [2.45, 2.75) is 64.8 Å². The van der Waals surface area contributed by atoms with Crippen LogP contribution in [-0.4, -0.2) is 28.5 Å². The summed E-state index contributed by atoms with van der Waals surface area (Å²) in [5, 5.41) is 2.67. The highest BCUT2D eigenvalue weighted by molar-refractivity contribution is 5.92. The van der Waals surface area contributed by atoms with Gasteiger partial charge >= 0.3 is 0 Å². The molecule has 5 heteroatoms. The fraction of sp³-hybridized carbons (Fsp3) is 0.667. The second kappa shape index (κ2) is 6.56. The summed E-state index contributed by atoms with van der Waals surface area (Å²) < 4.78 is 2.11. The first-order valence-corrected chi connectivity index (χ1v) is 11.3. The molecule has 0 aliphatic heterocycles.